The van der Waals surface area contributed by atoms with Crippen molar-refractivity contribution in [1.29, 1.82) is 0 Å². The lowest BCUT2D eigenvalue weighted by molar-refractivity contribution is -0.147. The number of β-amino-alcohol motifs (C(OH)–C–C–N with tert-alkyl or cyclic N) is 1. The molecule has 1 aromatic heterocycles. The summed E-state index contributed by atoms with van der Waals surface area (Å²) in [6, 6.07) is 36.0. The molecule has 0 saturated carbocycles. The molecule has 14 heteroatoms. The van der Waals surface area contributed by atoms with Gasteiger partial charge in [0.25, 0.3) is 0 Å². The number of thiazole rings is 1. The molecule has 4 aromatic carbocycles. The zero-order chi connectivity index (χ0) is 50.0. The predicted molar refractivity (Wildman–Crippen MR) is 274 cm³/mol. The molecule has 70 heavy (non-hydrogen) atoms. The van der Waals surface area contributed by atoms with Crippen LogP contribution in [0.25, 0.3) is 21.6 Å². The van der Waals surface area contributed by atoms with Crippen molar-refractivity contribution in [1.82, 2.24) is 20.1 Å². The Labute approximate surface area is 416 Å². The highest BCUT2D eigenvalue weighted by molar-refractivity contribution is 7.13. The molecule has 1 fully saturated rings. The molecular formula is C56H68N4O9S. The number of amides is 3. The van der Waals surface area contributed by atoms with Gasteiger partial charge in [-0.2, -0.15) is 0 Å². The maximum Gasteiger partial charge on any atom is 0.248 e. The molecule has 2 N–H and O–H groups in total. The fourth-order valence-electron chi connectivity index (χ4n) is 8.44. The molecule has 6 rings (SSSR count). The largest absolute Gasteiger partial charge is 0.492 e. The fraction of sp³-hybridized carbons (Fsp3) is 0.411. The molecule has 0 spiro atoms. The molecule has 1 aliphatic heterocycles. The first-order chi connectivity index (χ1) is 33.7. The number of aryl methyl sites for hydroxylation is 1. The van der Waals surface area contributed by atoms with E-state index in [1.165, 1.54) is 21.6 Å². The van der Waals surface area contributed by atoms with Gasteiger partial charge in [0.1, 0.15) is 31.6 Å². The van der Waals surface area contributed by atoms with E-state index in [-0.39, 0.29) is 89.1 Å². The number of aromatic nitrogens is 1. The van der Waals surface area contributed by atoms with E-state index in [9.17, 15) is 24.3 Å². The lowest BCUT2D eigenvalue weighted by atomic mass is 9.77. The number of aliphatic hydroxyl groups is 1. The van der Waals surface area contributed by atoms with Gasteiger partial charge in [-0.05, 0) is 69.9 Å². The molecule has 0 bridgehead atoms. The normalized spacial score (nSPS) is 15.6. The van der Waals surface area contributed by atoms with Crippen LogP contribution in [0.3, 0.4) is 0 Å². The average Bonchev–Trinajstić information content (AvgIpc) is 3.98. The van der Waals surface area contributed by atoms with Gasteiger partial charge in [-0.1, -0.05) is 125 Å². The number of hydrogen-bond donors (Lipinski definition) is 2. The minimum Gasteiger partial charge on any atom is -0.492 e. The highest BCUT2D eigenvalue weighted by atomic mass is 32.1. The van der Waals surface area contributed by atoms with E-state index in [0.29, 0.717) is 18.9 Å². The molecule has 372 valence electrons. The minimum absolute atomic E-state index is 0.0132. The van der Waals surface area contributed by atoms with Crippen LogP contribution in [0, 0.1) is 18.3 Å². The van der Waals surface area contributed by atoms with E-state index in [0.717, 1.165) is 39.2 Å². The zero-order valence-corrected chi connectivity index (χ0v) is 42.2. The van der Waals surface area contributed by atoms with E-state index in [4.69, 9.17) is 18.9 Å². The standard InChI is InChI=1S/C56H68N4O9S/c1-7-48(41-14-10-8-11-15-41)52(42-16-12-9-13-17-42)43-22-24-47(25-23-43)69-27-26-59(6)51(63)37-68-31-29-66-28-30-67-36-46(62)32-49(56(3,4)5)55(65)60-35-45(61)33-50(60)54(64)57-34-40-18-20-44(21-19-40)53-39(2)58-38-70-53/h8-25,38,45,49-50,61H,7,26-37H2,1-6H3,(H,57,64)/b52-48-/t45-,49-,50+/m1/s1. The number of carbonyl (C=O) groups excluding carboxylic acids is 4. The smallest absolute Gasteiger partial charge is 0.248 e. The third-order valence-electron chi connectivity index (χ3n) is 12.4. The number of benzene rings is 4. The van der Waals surface area contributed by atoms with Crippen LogP contribution < -0.4 is 10.1 Å². The number of ether oxygens (including phenoxy) is 4. The van der Waals surface area contributed by atoms with Crippen molar-refractivity contribution >= 4 is 46.0 Å². The van der Waals surface area contributed by atoms with Crippen LogP contribution in [0.4, 0.5) is 0 Å². The number of carbonyl (C=O) groups is 4. The summed E-state index contributed by atoms with van der Waals surface area (Å²) >= 11 is 1.57. The van der Waals surface area contributed by atoms with Crippen molar-refractivity contribution in [2.24, 2.45) is 11.3 Å². The number of rotatable bonds is 25. The Kier molecular flexibility index (Phi) is 20.0. The van der Waals surface area contributed by atoms with Gasteiger partial charge in [0, 0.05) is 38.9 Å². The molecule has 3 atom stereocenters. The van der Waals surface area contributed by atoms with Crippen molar-refractivity contribution in [2.75, 3.05) is 66.4 Å². The third kappa shape index (κ3) is 15.2. The number of Topliss-reactive ketones (excluding diaryl/α,β-unsaturated/α-hetero) is 1. The highest BCUT2D eigenvalue weighted by Gasteiger charge is 2.44. The predicted octanol–water partition coefficient (Wildman–Crippen LogP) is 8.27. The average molecular weight is 973 g/mol. The molecular weight excluding hydrogens is 905 g/mol. The monoisotopic (exact) mass is 972 g/mol. The Morgan fingerprint density at radius 1 is 0.814 bits per heavy atom. The summed E-state index contributed by atoms with van der Waals surface area (Å²) in [5.74, 6) is -1.15. The van der Waals surface area contributed by atoms with E-state index in [1.807, 2.05) is 81.7 Å². The number of allylic oxidation sites excluding steroid dienone is 1. The second-order valence-electron chi connectivity index (χ2n) is 18.6. The lowest BCUT2D eigenvalue weighted by Crippen LogP contribution is -2.50. The molecule has 0 radical (unpaired) electrons. The summed E-state index contributed by atoms with van der Waals surface area (Å²) in [7, 11) is 1.71. The summed E-state index contributed by atoms with van der Waals surface area (Å²) in [6.07, 6.45) is 0.0639. The number of nitrogens with zero attached hydrogens (tertiary/aromatic N) is 3. The van der Waals surface area contributed by atoms with Gasteiger partial charge >= 0.3 is 0 Å². The Morgan fingerprint density at radius 2 is 1.43 bits per heavy atom. The molecule has 5 aromatic rings. The second kappa shape index (κ2) is 26.3. The van der Waals surface area contributed by atoms with Crippen LogP contribution in [-0.4, -0.2) is 122 Å². The first-order valence-corrected chi connectivity index (χ1v) is 24.9. The SMILES string of the molecule is CC/C(=C(\c1ccccc1)c1ccc(OCCN(C)C(=O)COCCOCCOCC(=O)C[C@H](C(=O)N2C[C@H](O)C[C@H]2C(=O)NCc2ccc(-c3scnc3C)cc2)C(C)(C)C)cc1)c1ccccc1. The number of hydrogen-bond acceptors (Lipinski definition) is 11. The highest BCUT2D eigenvalue weighted by Crippen LogP contribution is 2.36. The van der Waals surface area contributed by atoms with E-state index in [2.05, 4.69) is 77.9 Å². The number of aliphatic hydroxyl groups excluding tert-OH is 1. The van der Waals surface area contributed by atoms with Gasteiger partial charge in [0.2, 0.25) is 17.7 Å². The Morgan fingerprint density at radius 3 is 2.04 bits per heavy atom. The minimum atomic E-state index is -0.856. The van der Waals surface area contributed by atoms with Crippen molar-refractivity contribution in [3.05, 3.63) is 143 Å². The number of likely N-dealkylation sites (N-methyl/N-ethyl adjacent to an activating group) is 1. The van der Waals surface area contributed by atoms with Gasteiger partial charge in [0.05, 0.1) is 55.2 Å². The zero-order valence-electron chi connectivity index (χ0n) is 41.4. The first-order valence-electron chi connectivity index (χ1n) is 24.0. The number of ketones is 1. The molecule has 13 nitrogen and oxygen atoms in total. The quantitative estimate of drug-likeness (QED) is 0.0431. The number of likely N-dealkylation sites (tertiary alicyclic amines) is 1. The maximum atomic E-state index is 14.0. The van der Waals surface area contributed by atoms with Crippen LogP contribution in [0.1, 0.15) is 74.9 Å². The van der Waals surface area contributed by atoms with Gasteiger partial charge in [0.15, 0.2) is 5.78 Å². The topological polar surface area (TPSA) is 157 Å². The van der Waals surface area contributed by atoms with Crippen LogP contribution in [0.15, 0.2) is 115 Å². The van der Waals surface area contributed by atoms with E-state index < -0.39 is 23.5 Å². The Bertz CT molecular complexity index is 2490. The van der Waals surface area contributed by atoms with Crippen molar-refractivity contribution in [3.63, 3.8) is 0 Å². The molecule has 3 amide bonds. The fourth-order valence-corrected chi connectivity index (χ4v) is 9.25. The molecule has 0 aliphatic carbocycles. The van der Waals surface area contributed by atoms with Crippen LogP contribution in [-0.2, 0) is 39.9 Å². The summed E-state index contributed by atoms with van der Waals surface area (Å²) < 4.78 is 22.7. The van der Waals surface area contributed by atoms with Gasteiger partial charge in [-0.25, -0.2) is 4.98 Å². The van der Waals surface area contributed by atoms with Crippen LogP contribution in [0.5, 0.6) is 5.75 Å². The molecule has 1 saturated heterocycles. The molecule has 2 heterocycles. The summed E-state index contributed by atoms with van der Waals surface area (Å²) in [4.78, 5) is 61.7. The summed E-state index contributed by atoms with van der Waals surface area (Å²) in [5.41, 5.74) is 10.0. The number of nitrogens with one attached hydrogen (secondary N) is 1. The lowest BCUT2D eigenvalue weighted by Gasteiger charge is -2.34. The molecule has 0 unspecified atom stereocenters. The van der Waals surface area contributed by atoms with Crippen LogP contribution >= 0.6 is 11.3 Å². The van der Waals surface area contributed by atoms with Crippen molar-refractivity contribution in [3.8, 4) is 16.2 Å². The Balaban J connectivity index is 0.850. The molecule has 1 aliphatic rings. The Hall–Kier alpha value is -6.03. The summed E-state index contributed by atoms with van der Waals surface area (Å²) in [5, 5.41) is 13.5. The maximum absolute atomic E-state index is 14.0. The second-order valence-corrected chi connectivity index (χ2v) is 19.4. The van der Waals surface area contributed by atoms with Gasteiger partial charge in [-0.3, -0.25) is 19.2 Å². The third-order valence-corrected chi connectivity index (χ3v) is 13.4. The van der Waals surface area contributed by atoms with Gasteiger partial charge in [-0.15, -0.1) is 11.3 Å². The van der Waals surface area contributed by atoms with Crippen molar-refractivity contribution in [2.45, 2.75) is 72.6 Å². The van der Waals surface area contributed by atoms with Crippen molar-refractivity contribution < 1.29 is 43.2 Å². The van der Waals surface area contributed by atoms with Crippen LogP contribution in [0.2, 0.25) is 0 Å². The van der Waals surface area contributed by atoms with E-state index in [1.54, 1.807) is 23.3 Å². The summed E-state index contributed by atoms with van der Waals surface area (Å²) in [6.45, 7) is 11.3. The van der Waals surface area contributed by atoms with E-state index >= 15 is 0 Å². The first kappa shape index (κ1) is 53.3. The van der Waals surface area contributed by atoms with Gasteiger partial charge < -0.3 is 39.2 Å².